The predicted octanol–water partition coefficient (Wildman–Crippen LogP) is 4.67. The highest BCUT2D eigenvalue weighted by Gasteiger charge is 2.37. The highest BCUT2D eigenvalue weighted by molar-refractivity contribution is 5.92. The molecular formula is C31H30FN5O4. The van der Waals surface area contributed by atoms with E-state index >= 15 is 0 Å². The summed E-state index contributed by atoms with van der Waals surface area (Å²) in [6, 6.07) is 17.0. The van der Waals surface area contributed by atoms with Gasteiger partial charge in [-0.15, -0.1) is 0 Å². The second kappa shape index (κ2) is 10.9. The second-order valence-electron chi connectivity index (χ2n) is 11.0. The molecule has 210 valence electrons. The Labute approximate surface area is 236 Å². The number of hydrogen-bond donors (Lipinski definition) is 1. The number of aromatic carboxylic acids is 1. The number of ether oxygens (including phenoxy) is 2. The Bertz CT molecular complexity index is 1660. The molecule has 2 aromatic carbocycles. The number of rotatable bonds is 9. The minimum atomic E-state index is -0.961. The van der Waals surface area contributed by atoms with Crippen LogP contribution in [-0.4, -0.2) is 56.3 Å². The topological polar surface area (TPSA) is 114 Å². The lowest BCUT2D eigenvalue weighted by Gasteiger charge is -2.28. The summed E-state index contributed by atoms with van der Waals surface area (Å²) in [6.07, 6.45) is 1.97. The van der Waals surface area contributed by atoms with Crippen LogP contribution in [0.2, 0.25) is 0 Å². The van der Waals surface area contributed by atoms with E-state index in [1.54, 1.807) is 36.4 Å². The van der Waals surface area contributed by atoms with Crippen LogP contribution >= 0.6 is 0 Å². The van der Waals surface area contributed by atoms with Crippen LogP contribution in [0.3, 0.4) is 0 Å². The molecule has 0 radical (unpaired) electrons. The Hall–Kier alpha value is -4.33. The maximum Gasteiger partial charge on any atom is 0.335 e. The minimum Gasteiger partial charge on any atom is -0.478 e. The molecular weight excluding hydrogens is 525 g/mol. The van der Waals surface area contributed by atoms with E-state index in [-0.39, 0.29) is 29.3 Å². The summed E-state index contributed by atoms with van der Waals surface area (Å²) in [7, 11) is 0. The number of carbonyl (C=O) groups is 1. The molecule has 2 saturated heterocycles. The monoisotopic (exact) mass is 555 g/mol. The van der Waals surface area contributed by atoms with E-state index in [0.717, 1.165) is 55.1 Å². The fraction of sp³-hybridized carbons (Fsp3) is 0.355. The Morgan fingerprint density at radius 1 is 1.24 bits per heavy atom. The summed E-state index contributed by atoms with van der Waals surface area (Å²) in [5.41, 5.74) is 3.13. The number of imidazole rings is 1. The van der Waals surface area contributed by atoms with E-state index in [0.29, 0.717) is 24.5 Å². The molecule has 6 rings (SSSR count). The number of benzene rings is 2. The first-order chi connectivity index (χ1) is 19.8. The Balaban J connectivity index is 1.18. The van der Waals surface area contributed by atoms with Gasteiger partial charge in [0.05, 0.1) is 53.1 Å². The zero-order chi connectivity index (χ0) is 28.6. The Morgan fingerprint density at radius 2 is 2.10 bits per heavy atom. The van der Waals surface area contributed by atoms with Gasteiger partial charge in [-0.05, 0) is 55.8 Å². The summed E-state index contributed by atoms with van der Waals surface area (Å²) >= 11 is 0. The first-order valence-corrected chi connectivity index (χ1v) is 13.7. The lowest BCUT2D eigenvalue weighted by atomic mass is 9.85. The van der Waals surface area contributed by atoms with Crippen LogP contribution in [-0.2, 0) is 29.8 Å². The molecule has 1 N–H and O–H groups in total. The van der Waals surface area contributed by atoms with Crippen molar-refractivity contribution in [3.8, 4) is 11.9 Å². The number of pyridine rings is 1. The van der Waals surface area contributed by atoms with E-state index in [9.17, 15) is 14.3 Å². The lowest BCUT2D eigenvalue weighted by molar-refractivity contribution is -0.0591. The van der Waals surface area contributed by atoms with E-state index in [4.69, 9.17) is 24.7 Å². The van der Waals surface area contributed by atoms with Gasteiger partial charge < -0.3 is 19.1 Å². The molecule has 0 amide bonds. The molecule has 4 heterocycles. The lowest BCUT2D eigenvalue weighted by Crippen LogP contribution is -2.33. The van der Waals surface area contributed by atoms with Crippen LogP contribution in [0.4, 0.5) is 4.39 Å². The van der Waals surface area contributed by atoms with Crippen LogP contribution in [0.15, 0.2) is 54.6 Å². The van der Waals surface area contributed by atoms with Gasteiger partial charge in [0.2, 0.25) is 5.88 Å². The average molecular weight is 556 g/mol. The van der Waals surface area contributed by atoms with Crippen LogP contribution in [0.25, 0.3) is 11.0 Å². The van der Waals surface area contributed by atoms with Crippen molar-refractivity contribution in [3.05, 3.63) is 88.6 Å². The number of carboxylic acid groups (broad SMARTS) is 1. The minimum absolute atomic E-state index is 0.0152. The normalized spacial score (nSPS) is 20.6. The quantitative estimate of drug-likeness (QED) is 0.317. The van der Waals surface area contributed by atoms with Crippen molar-refractivity contribution in [2.75, 3.05) is 19.7 Å². The predicted molar refractivity (Wildman–Crippen MR) is 148 cm³/mol. The van der Waals surface area contributed by atoms with Crippen LogP contribution in [0.1, 0.15) is 52.8 Å². The fourth-order valence-electron chi connectivity index (χ4n) is 5.58. The third-order valence-corrected chi connectivity index (χ3v) is 8.07. The van der Waals surface area contributed by atoms with Gasteiger partial charge in [-0.3, -0.25) is 4.90 Å². The maximum atomic E-state index is 14.3. The molecule has 2 aliphatic heterocycles. The van der Waals surface area contributed by atoms with Gasteiger partial charge >= 0.3 is 5.97 Å². The zero-order valence-electron chi connectivity index (χ0n) is 22.7. The number of likely N-dealkylation sites (tertiary alicyclic amines) is 1. The number of nitriles is 1. The third-order valence-electron chi connectivity index (χ3n) is 8.07. The van der Waals surface area contributed by atoms with E-state index in [1.165, 1.54) is 6.07 Å². The Morgan fingerprint density at radius 3 is 2.83 bits per heavy atom. The van der Waals surface area contributed by atoms with E-state index < -0.39 is 11.8 Å². The van der Waals surface area contributed by atoms with Crippen molar-refractivity contribution >= 4 is 17.0 Å². The second-order valence-corrected chi connectivity index (χ2v) is 11.0. The fourth-order valence-corrected chi connectivity index (χ4v) is 5.58. The van der Waals surface area contributed by atoms with Crippen molar-refractivity contribution in [3.63, 3.8) is 0 Å². The highest BCUT2D eigenvalue weighted by atomic mass is 19.1. The van der Waals surface area contributed by atoms with Crippen LogP contribution in [0, 0.1) is 17.1 Å². The summed E-state index contributed by atoms with van der Waals surface area (Å²) < 4.78 is 27.9. The molecule has 0 bridgehead atoms. The standard InChI is InChI=1S/C31H30FN5O4/c1-31(27-3-2-4-29(35-27)41-18-22-6-5-20(15-33)13-24(22)32)10-11-36(19-31)17-28-34-25-8-7-21(30(38)39)14-26(25)37(28)16-23-9-12-40-23/h2-8,13-14,23H,9-12,16-19H2,1H3,(H,38,39). The maximum absolute atomic E-state index is 14.3. The number of aromatic nitrogens is 3. The van der Waals surface area contributed by atoms with Gasteiger partial charge in [0.15, 0.2) is 0 Å². The molecule has 2 aliphatic rings. The molecule has 2 fully saturated rings. The van der Waals surface area contributed by atoms with Gasteiger partial charge in [0, 0.05) is 30.2 Å². The number of carboxylic acids is 1. The summed E-state index contributed by atoms with van der Waals surface area (Å²) in [4.78, 5) is 23.6. The molecule has 0 spiro atoms. The highest BCUT2D eigenvalue weighted by Crippen LogP contribution is 2.35. The van der Waals surface area contributed by atoms with Crippen molar-refractivity contribution in [1.29, 1.82) is 5.26 Å². The van der Waals surface area contributed by atoms with Crippen LogP contribution < -0.4 is 4.74 Å². The molecule has 4 aromatic rings. The first kappa shape index (κ1) is 26.9. The molecule has 0 aliphatic carbocycles. The molecule has 9 nitrogen and oxygen atoms in total. The molecule has 0 saturated carbocycles. The van der Waals surface area contributed by atoms with Gasteiger partial charge in [-0.1, -0.05) is 19.1 Å². The average Bonchev–Trinajstić information content (AvgIpc) is 3.49. The van der Waals surface area contributed by atoms with Crippen molar-refractivity contribution in [2.45, 2.75) is 51.0 Å². The van der Waals surface area contributed by atoms with Crippen molar-refractivity contribution in [2.24, 2.45) is 0 Å². The number of nitrogens with zero attached hydrogens (tertiary/aromatic N) is 5. The molecule has 2 atom stereocenters. The molecule has 2 unspecified atom stereocenters. The first-order valence-electron chi connectivity index (χ1n) is 13.7. The number of fused-ring (bicyclic) bond motifs is 1. The molecule has 10 heteroatoms. The van der Waals surface area contributed by atoms with Crippen LogP contribution in [0.5, 0.6) is 5.88 Å². The smallest absolute Gasteiger partial charge is 0.335 e. The van der Waals surface area contributed by atoms with E-state index in [2.05, 4.69) is 16.4 Å². The van der Waals surface area contributed by atoms with Gasteiger partial charge in [0.25, 0.3) is 0 Å². The van der Waals surface area contributed by atoms with Gasteiger partial charge in [0.1, 0.15) is 18.2 Å². The molecule has 2 aromatic heterocycles. The van der Waals surface area contributed by atoms with Gasteiger partial charge in [-0.25, -0.2) is 19.2 Å². The summed E-state index contributed by atoms with van der Waals surface area (Å²) in [5.74, 6) is -0.135. The zero-order valence-corrected chi connectivity index (χ0v) is 22.7. The third kappa shape index (κ3) is 5.51. The summed E-state index contributed by atoms with van der Waals surface area (Å²) in [6.45, 7) is 5.82. The SMILES string of the molecule is CC1(c2cccc(OCc3ccc(C#N)cc3F)n2)CCN(Cc2nc3ccc(C(=O)O)cc3n2CC2CCO2)C1. The number of hydrogen-bond acceptors (Lipinski definition) is 7. The number of halogens is 1. The van der Waals surface area contributed by atoms with E-state index in [1.807, 2.05) is 18.2 Å². The Kier molecular flexibility index (Phi) is 7.15. The van der Waals surface area contributed by atoms with Gasteiger partial charge in [-0.2, -0.15) is 5.26 Å². The largest absolute Gasteiger partial charge is 0.478 e. The summed E-state index contributed by atoms with van der Waals surface area (Å²) in [5, 5.41) is 18.5. The molecule has 41 heavy (non-hydrogen) atoms. The van der Waals surface area contributed by atoms with Crippen molar-refractivity contribution in [1.82, 2.24) is 19.4 Å². The van der Waals surface area contributed by atoms with Crippen molar-refractivity contribution < 1.29 is 23.8 Å².